The molecule has 9 aromatic carbocycles. The summed E-state index contributed by atoms with van der Waals surface area (Å²) in [6.45, 7) is 13.5. The Morgan fingerprint density at radius 1 is 0.392 bits per heavy atom. The average Bonchev–Trinajstić information content (AvgIpc) is 3.62. The van der Waals surface area contributed by atoms with Crippen molar-refractivity contribution in [2.75, 3.05) is 0 Å². The van der Waals surface area contributed by atoms with E-state index in [1.807, 2.05) is 30.3 Å². The van der Waals surface area contributed by atoms with Crippen LogP contribution in [0, 0.1) is 0 Å². The second-order valence-electron chi connectivity index (χ2n) is 16.4. The van der Waals surface area contributed by atoms with Gasteiger partial charge in [0.05, 0.1) is 16.5 Å². The molecule has 0 atom stereocenters. The van der Waals surface area contributed by atoms with Crippen molar-refractivity contribution in [3.63, 3.8) is 0 Å². The van der Waals surface area contributed by atoms with E-state index < -0.39 is 0 Å². The first-order chi connectivity index (χ1) is 24.4. The molecule has 0 unspecified atom stereocenters. The second-order valence-corrected chi connectivity index (χ2v) is 16.4. The highest BCUT2D eigenvalue weighted by Crippen LogP contribution is 2.54. The van der Waals surface area contributed by atoms with Crippen molar-refractivity contribution in [2.24, 2.45) is 0 Å². The number of rotatable bonds is 3. The van der Waals surface area contributed by atoms with Crippen LogP contribution in [0.4, 0.5) is 0 Å². The lowest BCUT2D eigenvalue weighted by Crippen LogP contribution is -2.23. The Hall–Kier alpha value is -5.80. The molecule has 3 heteroatoms. The van der Waals surface area contributed by atoms with Crippen molar-refractivity contribution in [1.82, 2.24) is 4.57 Å². The molecule has 0 radical (unpaired) electrons. The van der Waals surface area contributed by atoms with Gasteiger partial charge >= 0.3 is 0 Å². The fraction of sp³-hybridized carbons (Fsp3) is 0.167. The maximum atomic E-state index is 14.9. The lowest BCUT2D eigenvalue weighted by Gasteiger charge is -2.24. The van der Waals surface area contributed by atoms with Gasteiger partial charge in [0.25, 0.3) is 11.1 Å². The number of benzene rings is 8. The molecule has 10 rings (SSSR count). The Bertz CT molecular complexity index is 2930. The van der Waals surface area contributed by atoms with Crippen LogP contribution in [0.2, 0.25) is 0 Å². The van der Waals surface area contributed by atoms with Crippen molar-refractivity contribution in [3.8, 4) is 27.9 Å². The van der Waals surface area contributed by atoms with Gasteiger partial charge in [-0.1, -0.05) is 133 Å². The molecular formula is C48H37NO2. The zero-order valence-electron chi connectivity index (χ0n) is 29.7. The number of fused-ring (bicyclic) bond motifs is 3. The summed E-state index contributed by atoms with van der Waals surface area (Å²) in [7, 11) is 0. The molecule has 51 heavy (non-hydrogen) atoms. The third kappa shape index (κ3) is 3.89. The predicted molar refractivity (Wildman–Crippen MR) is 216 cm³/mol. The minimum atomic E-state index is -0.266. The molecule has 246 valence electrons. The number of para-hydroxylation sites is 1. The van der Waals surface area contributed by atoms with Crippen LogP contribution >= 0.6 is 0 Å². The first-order valence-corrected chi connectivity index (χ1v) is 17.9. The molecular weight excluding hydrogens is 623 g/mol. The maximum Gasteiger partial charge on any atom is 0.266 e. The van der Waals surface area contributed by atoms with Crippen molar-refractivity contribution in [1.29, 1.82) is 0 Å². The normalized spacial score (nSPS) is 13.1. The van der Waals surface area contributed by atoms with Crippen LogP contribution < -0.4 is 11.1 Å². The Balaban J connectivity index is 1.51. The molecule has 0 saturated carbocycles. The molecule has 0 bridgehead atoms. The molecule has 0 fully saturated rings. The van der Waals surface area contributed by atoms with E-state index in [1.54, 1.807) is 0 Å². The molecule has 0 saturated heterocycles. The summed E-state index contributed by atoms with van der Waals surface area (Å²) in [6, 6.07) is 40.1. The third-order valence-electron chi connectivity index (χ3n) is 11.3. The van der Waals surface area contributed by atoms with E-state index in [4.69, 9.17) is 0 Å². The zero-order valence-corrected chi connectivity index (χ0v) is 29.7. The van der Waals surface area contributed by atoms with Gasteiger partial charge in [-0.05, 0) is 122 Å². The standard InChI is InChI=1S/C48H37NO2/c1-47(2,3)36-18-12-10-16-28(36)32-24-34-41-39-30(32)22-20-26-21-23-31-33(29-17-11-13-19-37(29)48(4,5)6)25-35(42(41)40(31)38(26)39)44-43(34)45(50)49(46(44)51)27-14-8-7-9-15-27/h7-25H,1-6H3. The van der Waals surface area contributed by atoms with Gasteiger partial charge in [-0.3, -0.25) is 9.59 Å². The number of hydrogen-bond donors (Lipinski definition) is 0. The highest BCUT2D eigenvalue weighted by Gasteiger charge is 2.31. The highest BCUT2D eigenvalue weighted by atomic mass is 16.2. The number of aromatic nitrogens is 1. The molecule has 0 aliphatic heterocycles. The zero-order chi connectivity index (χ0) is 35.1. The van der Waals surface area contributed by atoms with Gasteiger partial charge in [-0.25, -0.2) is 4.57 Å². The van der Waals surface area contributed by atoms with E-state index in [-0.39, 0.29) is 21.9 Å². The lowest BCUT2D eigenvalue weighted by atomic mass is 9.80. The SMILES string of the molecule is CC(C)(C)c1ccccc1-c1cc2c3c(=O)n(-c4ccccc4)c(=O)c3c3cc(-c4ccccc4C(C)(C)C)c4ccc5ccc1c1c5c4c3c21. The van der Waals surface area contributed by atoms with Gasteiger partial charge in [0.1, 0.15) is 0 Å². The highest BCUT2D eigenvalue weighted by molar-refractivity contribution is 6.50. The number of nitrogens with zero attached hydrogens (tertiary/aromatic N) is 1. The van der Waals surface area contributed by atoms with E-state index >= 15 is 0 Å². The van der Waals surface area contributed by atoms with Gasteiger partial charge in [0, 0.05) is 0 Å². The van der Waals surface area contributed by atoms with Crippen molar-refractivity contribution >= 4 is 64.6 Å². The predicted octanol–water partition coefficient (Wildman–Crippen LogP) is 11.8. The number of hydrogen-bond acceptors (Lipinski definition) is 2. The molecule has 0 aliphatic rings. The van der Waals surface area contributed by atoms with Crippen LogP contribution in [0.25, 0.3) is 92.6 Å². The van der Waals surface area contributed by atoms with Crippen LogP contribution in [0.5, 0.6) is 0 Å². The summed E-state index contributed by atoms with van der Waals surface area (Å²) in [4.78, 5) is 29.7. The van der Waals surface area contributed by atoms with Crippen molar-refractivity contribution in [3.05, 3.63) is 147 Å². The first kappa shape index (κ1) is 30.1. The van der Waals surface area contributed by atoms with Crippen molar-refractivity contribution in [2.45, 2.75) is 52.4 Å². The average molecular weight is 660 g/mol. The van der Waals surface area contributed by atoms with E-state index in [2.05, 4.69) is 126 Å². The lowest BCUT2D eigenvalue weighted by molar-refractivity contribution is 0.592. The maximum absolute atomic E-state index is 14.9. The van der Waals surface area contributed by atoms with E-state index in [0.717, 1.165) is 43.8 Å². The molecule has 1 aromatic heterocycles. The molecule has 1 heterocycles. The van der Waals surface area contributed by atoms with Gasteiger partial charge in [-0.15, -0.1) is 0 Å². The first-order valence-electron chi connectivity index (χ1n) is 17.9. The summed E-state index contributed by atoms with van der Waals surface area (Å²) in [6.07, 6.45) is 0. The van der Waals surface area contributed by atoms with Crippen LogP contribution in [-0.2, 0) is 10.8 Å². The van der Waals surface area contributed by atoms with Gasteiger partial charge in [-0.2, -0.15) is 0 Å². The summed E-state index contributed by atoms with van der Waals surface area (Å²) in [5.74, 6) is 0. The Morgan fingerprint density at radius 3 is 1.25 bits per heavy atom. The van der Waals surface area contributed by atoms with Crippen LogP contribution in [-0.4, -0.2) is 4.57 Å². The summed E-state index contributed by atoms with van der Waals surface area (Å²) in [5.41, 5.74) is 6.81. The van der Waals surface area contributed by atoms with Crippen molar-refractivity contribution < 1.29 is 0 Å². The van der Waals surface area contributed by atoms with E-state index in [0.29, 0.717) is 16.5 Å². The van der Waals surface area contributed by atoms with Crippen LogP contribution in [0.1, 0.15) is 52.7 Å². The fourth-order valence-electron chi connectivity index (χ4n) is 9.19. The van der Waals surface area contributed by atoms with Crippen LogP contribution in [0.3, 0.4) is 0 Å². The summed E-state index contributed by atoms with van der Waals surface area (Å²) < 4.78 is 1.39. The molecule has 0 aliphatic carbocycles. The third-order valence-corrected chi connectivity index (χ3v) is 11.3. The molecule has 0 N–H and O–H groups in total. The molecule has 3 nitrogen and oxygen atoms in total. The van der Waals surface area contributed by atoms with Gasteiger partial charge < -0.3 is 0 Å². The smallest absolute Gasteiger partial charge is 0.266 e. The topological polar surface area (TPSA) is 39.1 Å². The van der Waals surface area contributed by atoms with Crippen LogP contribution in [0.15, 0.2) is 125 Å². The minimum Gasteiger partial charge on any atom is -0.268 e. The molecule has 0 spiro atoms. The van der Waals surface area contributed by atoms with Gasteiger partial charge in [0.15, 0.2) is 0 Å². The quantitative estimate of drug-likeness (QED) is 0.177. The Morgan fingerprint density at radius 2 is 0.804 bits per heavy atom. The largest absolute Gasteiger partial charge is 0.268 e. The van der Waals surface area contributed by atoms with E-state index in [9.17, 15) is 9.59 Å². The monoisotopic (exact) mass is 659 g/mol. The minimum absolute atomic E-state index is 0.109. The van der Waals surface area contributed by atoms with Gasteiger partial charge in [0.2, 0.25) is 0 Å². The Kier molecular flexibility index (Phi) is 5.85. The molecule has 0 amide bonds. The Labute approximate surface area is 295 Å². The van der Waals surface area contributed by atoms with E-state index in [1.165, 1.54) is 48.0 Å². The fourth-order valence-corrected chi connectivity index (χ4v) is 9.19. The molecule has 10 aromatic rings. The summed E-state index contributed by atoms with van der Waals surface area (Å²) >= 11 is 0. The summed E-state index contributed by atoms with van der Waals surface area (Å²) in [5, 5.41) is 12.0. The second kappa shape index (κ2) is 9.92.